The second kappa shape index (κ2) is 6.41. The molecule has 0 spiro atoms. The highest BCUT2D eigenvalue weighted by molar-refractivity contribution is 4.74. The molecule has 0 amide bonds. The van der Waals surface area contributed by atoms with Crippen molar-refractivity contribution in [2.45, 2.75) is 52.1 Å². The fourth-order valence-corrected chi connectivity index (χ4v) is 2.29. The Balaban J connectivity index is 2.04. The molecule has 0 aromatic heterocycles. The molecule has 1 fully saturated rings. The van der Waals surface area contributed by atoms with Crippen LogP contribution in [0.25, 0.3) is 0 Å². The van der Waals surface area contributed by atoms with E-state index in [0.29, 0.717) is 0 Å². The Morgan fingerprint density at radius 1 is 1.36 bits per heavy atom. The maximum Gasteiger partial charge on any atom is 0.0524 e. The molecule has 0 radical (unpaired) electrons. The zero-order chi connectivity index (χ0) is 10.4. The largest absolute Gasteiger partial charge is 0.393 e. The van der Waals surface area contributed by atoms with Gasteiger partial charge in [-0.1, -0.05) is 26.2 Å². The third-order valence-electron chi connectivity index (χ3n) is 3.43. The number of aliphatic hydroxyl groups excluding tert-OH is 1. The molecule has 1 rings (SSSR count). The zero-order valence-electron chi connectivity index (χ0n) is 9.63. The van der Waals surface area contributed by atoms with Gasteiger partial charge in [-0.25, -0.2) is 0 Å². The average molecular weight is 199 g/mol. The summed E-state index contributed by atoms with van der Waals surface area (Å²) in [5.41, 5.74) is 0. The third-order valence-corrected chi connectivity index (χ3v) is 3.43. The predicted molar refractivity (Wildman–Crippen MR) is 60.3 cm³/mol. The van der Waals surface area contributed by atoms with Crippen molar-refractivity contribution in [3.63, 3.8) is 0 Å². The summed E-state index contributed by atoms with van der Waals surface area (Å²) in [5, 5.41) is 12.6. The minimum Gasteiger partial charge on any atom is -0.393 e. The standard InChI is InChI=1S/C12H25NO/c1-10-5-3-4-6-12(10)9-13-8-7-11(2)14/h10-14H,3-9H2,1-2H3. The van der Waals surface area contributed by atoms with Gasteiger partial charge in [0.15, 0.2) is 0 Å². The third kappa shape index (κ3) is 4.43. The molecule has 2 nitrogen and oxygen atoms in total. The summed E-state index contributed by atoms with van der Waals surface area (Å²) in [7, 11) is 0. The summed E-state index contributed by atoms with van der Waals surface area (Å²) < 4.78 is 0. The summed E-state index contributed by atoms with van der Waals surface area (Å²) in [6.07, 6.45) is 6.34. The molecule has 0 aliphatic heterocycles. The molecule has 0 bridgehead atoms. The summed E-state index contributed by atoms with van der Waals surface area (Å²) in [6, 6.07) is 0. The number of aliphatic hydroxyl groups is 1. The maximum atomic E-state index is 9.10. The van der Waals surface area contributed by atoms with Crippen LogP contribution in [0.2, 0.25) is 0 Å². The van der Waals surface area contributed by atoms with Gasteiger partial charge in [0.2, 0.25) is 0 Å². The van der Waals surface area contributed by atoms with Crippen molar-refractivity contribution in [2.24, 2.45) is 11.8 Å². The molecule has 0 heterocycles. The van der Waals surface area contributed by atoms with E-state index in [0.717, 1.165) is 31.3 Å². The van der Waals surface area contributed by atoms with E-state index in [-0.39, 0.29) is 6.10 Å². The molecule has 0 aromatic rings. The fourth-order valence-electron chi connectivity index (χ4n) is 2.29. The maximum absolute atomic E-state index is 9.10. The molecular weight excluding hydrogens is 174 g/mol. The summed E-state index contributed by atoms with van der Waals surface area (Å²) >= 11 is 0. The highest BCUT2D eigenvalue weighted by atomic mass is 16.3. The Bertz CT molecular complexity index is 147. The lowest BCUT2D eigenvalue weighted by molar-refractivity contribution is 0.180. The van der Waals surface area contributed by atoms with Gasteiger partial charge in [0.25, 0.3) is 0 Å². The van der Waals surface area contributed by atoms with E-state index in [1.807, 2.05) is 6.92 Å². The van der Waals surface area contributed by atoms with Crippen LogP contribution in [0, 0.1) is 11.8 Å². The van der Waals surface area contributed by atoms with Crippen molar-refractivity contribution in [1.82, 2.24) is 5.32 Å². The van der Waals surface area contributed by atoms with Crippen LogP contribution in [0.15, 0.2) is 0 Å². The van der Waals surface area contributed by atoms with Gasteiger partial charge in [-0.2, -0.15) is 0 Å². The van der Waals surface area contributed by atoms with Gasteiger partial charge in [0.1, 0.15) is 0 Å². The molecule has 3 unspecified atom stereocenters. The van der Waals surface area contributed by atoms with Crippen molar-refractivity contribution in [3.05, 3.63) is 0 Å². The van der Waals surface area contributed by atoms with Crippen LogP contribution in [-0.4, -0.2) is 24.3 Å². The lowest BCUT2D eigenvalue weighted by Gasteiger charge is -2.29. The molecule has 0 aromatic carbocycles. The molecule has 3 atom stereocenters. The highest BCUT2D eigenvalue weighted by Crippen LogP contribution is 2.28. The first-order chi connectivity index (χ1) is 6.70. The van der Waals surface area contributed by atoms with E-state index in [9.17, 15) is 0 Å². The predicted octanol–water partition coefficient (Wildman–Crippen LogP) is 2.17. The molecule has 14 heavy (non-hydrogen) atoms. The Hall–Kier alpha value is -0.0800. The smallest absolute Gasteiger partial charge is 0.0524 e. The van der Waals surface area contributed by atoms with Gasteiger partial charge in [-0.05, 0) is 44.7 Å². The SMILES string of the molecule is CC(O)CCNCC1CCCCC1C. The Morgan fingerprint density at radius 2 is 2.07 bits per heavy atom. The fraction of sp³-hybridized carbons (Fsp3) is 1.00. The van der Waals surface area contributed by atoms with Gasteiger partial charge in [0, 0.05) is 0 Å². The molecule has 84 valence electrons. The number of hydrogen-bond acceptors (Lipinski definition) is 2. The van der Waals surface area contributed by atoms with Crippen LogP contribution < -0.4 is 5.32 Å². The van der Waals surface area contributed by atoms with E-state index in [2.05, 4.69) is 12.2 Å². The van der Waals surface area contributed by atoms with Crippen molar-refractivity contribution in [3.8, 4) is 0 Å². The molecule has 2 heteroatoms. The average Bonchev–Trinajstić information content (AvgIpc) is 2.15. The monoisotopic (exact) mass is 199 g/mol. The van der Waals surface area contributed by atoms with Crippen LogP contribution >= 0.6 is 0 Å². The Morgan fingerprint density at radius 3 is 2.71 bits per heavy atom. The van der Waals surface area contributed by atoms with Crippen molar-refractivity contribution in [2.75, 3.05) is 13.1 Å². The molecular formula is C12H25NO. The van der Waals surface area contributed by atoms with Crippen molar-refractivity contribution >= 4 is 0 Å². The van der Waals surface area contributed by atoms with Gasteiger partial charge in [0.05, 0.1) is 6.10 Å². The number of rotatable bonds is 5. The van der Waals surface area contributed by atoms with E-state index < -0.39 is 0 Å². The summed E-state index contributed by atoms with van der Waals surface area (Å²) in [4.78, 5) is 0. The second-order valence-electron chi connectivity index (χ2n) is 4.86. The van der Waals surface area contributed by atoms with Gasteiger partial charge in [-0.15, -0.1) is 0 Å². The van der Waals surface area contributed by atoms with Gasteiger partial charge >= 0.3 is 0 Å². The summed E-state index contributed by atoms with van der Waals surface area (Å²) in [5.74, 6) is 1.76. The molecule has 1 saturated carbocycles. The van der Waals surface area contributed by atoms with Crippen LogP contribution in [0.3, 0.4) is 0 Å². The van der Waals surface area contributed by atoms with E-state index in [1.165, 1.54) is 25.7 Å². The van der Waals surface area contributed by atoms with Crippen LogP contribution in [0.4, 0.5) is 0 Å². The minimum absolute atomic E-state index is 0.161. The second-order valence-corrected chi connectivity index (χ2v) is 4.86. The van der Waals surface area contributed by atoms with Gasteiger partial charge < -0.3 is 10.4 Å². The highest BCUT2D eigenvalue weighted by Gasteiger charge is 2.20. The Kier molecular flexibility index (Phi) is 5.49. The van der Waals surface area contributed by atoms with Crippen LogP contribution in [0.1, 0.15) is 46.0 Å². The van der Waals surface area contributed by atoms with E-state index in [1.54, 1.807) is 0 Å². The van der Waals surface area contributed by atoms with Crippen molar-refractivity contribution < 1.29 is 5.11 Å². The molecule has 1 aliphatic carbocycles. The molecule has 1 aliphatic rings. The Labute approximate surface area is 88.1 Å². The molecule has 2 N–H and O–H groups in total. The quantitative estimate of drug-likeness (QED) is 0.665. The van der Waals surface area contributed by atoms with Crippen LogP contribution in [0.5, 0.6) is 0 Å². The first-order valence-electron chi connectivity index (χ1n) is 6.09. The first-order valence-corrected chi connectivity index (χ1v) is 6.09. The first kappa shape index (κ1) is 12.0. The normalized spacial score (nSPS) is 30.2. The number of nitrogens with one attached hydrogen (secondary N) is 1. The topological polar surface area (TPSA) is 32.3 Å². The van der Waals surface area contributed by atoms with Gasteiger partial charge in [-0.3, -0.25) is 0 Å². The molecule has 0 saturated heterocycles. The zero-order valence-corrected chi connectivity index (χ0v) is 9.63. The lowest BCUT2D eigenvalue weighted by Crippen LogP contribution is -2.30. The van der Waals surface area contributed by atoms with Crippen LogP contribution in [-0.2, 0) is 0 Å². The minimum atomic E-state index is -0.161. The summed E-state index contributed by atoms with van der Waals surface area (Å²) in [6.45, 7) is 6.33. The number of hydrogen-bond donors (Lipinski definition) is 2. The lowest BCUT2D eigenvalue weighted by atomic mass is 9.80. The van der Waals surface area contributed by atoms with E-state index in [4.69, 9.17) is 5.11 Å². The van der Waals surface area contributed by atoms with Crippen molar-refractivity contribution in [1.29, 1.82) is 0 Å². The van der Waals surface area contributed by atoms with E-state index >= 15 is 0 Å².